The van der Waals surface area contributed by atoms with Gasteiger partial charge in [-0.1, -0.05) is 6.07 Å². The van der Waals surface area contributed by atoms with Crippen molar-refractivity contribution >= 4 is 12.1 Å². The Kier molecular flexibility index (Phi) is 5.97. The Balaban J connectivity index is 2.11. The number of halogens is 1. The number of amides is 1. The van der Waals surface area contributed by atoms with E-state index in [1.54, 1.807) is 43.7 Å². The van der Waals surface area contributed by atoms with Crippen molar-refractivity contribution in [1.29, 1.82) is 0 Å². The average molecular weight is 363 g/mol. The van der Waals surface area contributed by atoms with Crippen molar-refractivity contribution in [1.82, 2.24) is 14.9 Å². The topological polar surface area (TPSA) is 82.5 Å². The number of carbonyl (C=O) groups excluding carboxylic acids is 2. The molecule has 0 spiro atoms. The summed E-state index contributed by atoms with van der Waals surface area (Å²) >= 11 is 0. The summed E-state index contributed by atoms with van der Waals surface area (Å²) in [5.74, 6) is -0.979. The highest BCUT2D eigenvalue weighted by Crippen LogP contribution is 2.12. The fourth-order valence-electron chi connectivity index (χ4n) is 2.24. The van der Waals surface area contributed by atoms with Crippen LogP contribution in [-0.4, -0.2) is 40.4 Å². The van der Waals surface area contributed by atoms with Gasteiger partial charge in [-0.2, -0.15) is 0 Å². The monoisotopic (exact) mass is 363 g/mol. The summed E-state index contributed by atoms with van der Waals surface area (Å²) in [5, 5.41) is 2.49. The van der Waals surface area contributed by atoms with Gasteiger partial charge < -0.3 is 19.4 Å². The third-order valence-corrected chi connectivity index (χ3v) is 3.33. The predicted molar refractivity (Wildman–Crippen MR) is 92.4 cm³/mol. The summed E-state index contributed by atoms with van der Waals surface area (Å²) < 4.78 is 24.9. The molecule has 1 heterocycles. The number of rotatable bonds is 5. The number of hydrogen-bond acceptors (Lipinski definition) is 5. The van der Waals surface area contributed by atoms with E-state index < -0.39 is 23.7 Å². The highest BCUT2D eigenvalue weighted by Gasteiger charge is 2.26. The van der Waals surface area contributed by atoms with Gasteiger partial charge in [-0.05, 0) is 39.0 Å². The fraction of sp³-hybridized carbons (Fsp3) is 0.389. The summed E-state index contributed by atoms with van der Waals surface area (Å²) in [7, 11) is 1.23. The molecule has 0 fully saturated rings. The van der Waals surface area contributed by atoms with Crippen molar-refractivity contribution < 1.29 is 23.5 Å². The Morgan fingerprint density at radius 2 is 2.08 bits per heavy atom. The molecule has 8 heteroatoms. The molecular weight excluding hydrogens is 341 g/mol. The van der Waals surface area contributed by atoms with Crippen LogP contribution in [0.4, 0.5) is 9.18 Å². The Labute approximate surface area is 151 Å². The minimum atomic E-state index is -0.953. The molecule has 0 saturated carbocycles. The van der Waals surface area contributed by atoms with E-state index in [-0.39, 0.29) is 12.2 Å². The van der Waals surface area contributed by atoms with E-state index in [1.807, 2.05) is 0 Å². The number of aromatic nitrogens is 2. The summed E-state index contributed by atoms with van der Waals surface area (Å²) in [5.41, 5.74) is 0.433. The third-order valence-electron chi connectivity index (χ3n) is 3.33. The van der Waals surface area contributed by atoms with Crippen molar-refractivity contribution in [3.05, 3.63) is 48.3 Å². The van der Waals surface area contributed by atoms with Crippen LogP contribution >= 0.6 is 0 Å². The summed E-state index contributed by atoms with van der Waals surface area (Å²) in [6, 6.07) is 5.07. The third kappa shape index (κ3) is 5.58. The van der Waals surface area contributed by atoms with Crippen LogP contribution < -0.4 is 5.32 Å². The maximum atomic E-state index is 13.3. The summed E-state index contributed by atoms with van der Waals surface area (Å²) in [4.78, 5) is 28.1. The summed E-state index contributed by atoms with van der Waals surface area (Å²) in [6.07, 6.45) is 2.54. The van der Waals surface area contributed by atoms with Crippen molar-refractivity contribution in [2.45, 2.75) is 38.8 Å². The molecule has 1 aromatic heterocycles. The molecular formula is C18H22FN3O4. The van der Waals surface area contributed by atoms with Crippen LogP contribution in [0.2, 0.25) is 0 Å². The van der Waals surface area contributed by atoms with Crippen molar-refractivity contribution in [3.8, 4) is 5.69 Å². The molecule has 140 valence electrons. The molecule has 0 radical (unpaired) electrons. The van der Waals surface area contributed by atoms with Crippen LogP contribution in [0.5, 0.6) is 0 Å². The van der Waals surface area contributed by atoms with Crippen LogP contribution in [0, 0.1) is 5.82 Å². The number of ether oxygens (including phenoxy) is 2. The molecule has 0 aliphatic carbocycles. The summed E-state index contributed by atoms with van der Waals surface area (Å²) in [6.45, 7) is 5.17. The number of hydrogen-bond donors (Lipinski definition) is 1. The Morgan fingerprint density at radius 1 is 1.35 bits per heavy atom. The molecule has 7 nitrogen and oxygen atoms in total. The Morgan fingerprint density at radius 3 is 2.69 bits per heavy atom. The van der Waals surface area contributed by atoms with E-state index in [0.29, 0.717) is 11.4 Å². The minimum Gasteiger partial charge on any atom is -0.467 e. The van der Waals surface area contributed by atoms with Crippen molar-refractivity contribution in [2.75, 3.05) is 7.11 Å². The molecule has 1 amide bonds. The largest absolute Gasteiger partial charge is 0.467 e. The number of imidazole rings is 1. The maximum Gasteiger partial charge on any atom is 0.408 e. The SMILES string of the molecule is COC(=O)[C@H](Cc1cn(-c2cccc(F)c2)cn1)NC(=O)OC(C)(C)C. The van der Waals surface area contributed by atoms with Gasteiger partial charge in [-0.25, -0.2) is 19.0 Å². The van der Waals surface area contributed by atoms with Crippen molar-refractivity contribution in [3.63, 3.8) is 0 Å². The highest BCUT2D eigenvalue weighted by atomic mass is 19.1. The van der Waals surface area contributed by atoms with Gasteiger partial charge in [0.25, 0.3) is 0 Å². The van der Waals surface area contributed by atoms with E-state index in [9.17, 15) is 14.0 Å². The van der Waals surface area contributed by atoms with E-state index in [1.165, 1.54) is 25.6 Å². The van der Waals surface area contributed by atoms with Gasteiger partial charge >= 0.3 is 12.1 Å². The smallest absolute Gasteiger partial charge is 0.408 e. The lowest BCUT2D eigenvalue weighted by atomic mass is 10.1. The first-order valence-electron chi connectivity index (χ1n) is 8.04. The van der Waals surface area contributed by atoms with Gasteiger partial charge in [0, 0.05) is 18.3 Å². The maximum absolute atomic E-state index is 13.3. The molecule has 0 saturated heterocycles. The second kappa shape index (κ2) is 7.99. The molecule has 1 aromatic carbocycles. The van der Waals surface area contributed by atoms with E-state index in [2.05, 4.69) is 10.3 Å². The zero-order valence-corrected chi connectivity index (χ0v) is 15.2. The van der Waals surface area contributed by atoms with Crippen LogP contribution in [0.3, 0.4) is 0 Å². The number of nitrogens with zero attached hydrogens (tertiary/aromatic N) is 2. The quantitative estimate of drug-likeness (QED) is 0.826. The molecule has 26 heavy (non-hydrogen) atoms. The molecule has 0 bridgehead atoms. The van der Waals surface area contributed by atoms with Crippen molar-refractivity contribution in [2.24, 2.45) is 0 Å². The first kappa shape index (κ1) is 19.4. The first-order chi connectivity index (χ1) is 12.2. The first-order valence-corrected chi connectivity index (χ1v) is 8.04. The molecule has 1 atom stereocenters. The fourth-order valence-corrected chi connectivity index (χ4v) is 2.24. The van der Waals surface area contributed by atoms with E-state index in [4.69, 9.17) is 9.47 Å². The highest BCUT2D eigenvalue weighted by molar-refractivity contribution is 5.81. The molecule has 1 N–H and O–H groups in total. The molecule has 0 aliphatic rings. The lowest BCUT2D eigenvalue weighted by Crippen LogP contribution is -2.45. The van der Waals surface area contributed by atoms with Crippen LogP contribution in [0.25, 0.3) is 5.69 Å². The number of methoxy groups -OCH3 is 1. The zero-order valence-electron chi connectivity index (χ0n) is 15.2. The van der Waals surface area contributed by atoms with Gasteiger partial charge in [0.1, 0.15) is 17.5 Å². The van der Waals surface area contributed by atoms with Gasteiger partial charge in [-0.15, -0.1) is 0 Å². The van der Waals surface area contributed by atoms with Gasteiger partial charge in [0.15, 0.2) is 0 Å². The lowest BCUT2D eigenvalue weighted by Gasteiger charge is -2.22. The number of nitrogens with one attached hydrogen (secondary N) is 1. The predicted octanol–water partition coefficient (Wildman–Crippen LogP) is 2.62. The average Bonchev–Trinajstić information content (AvgIpc) is 3.00. The zero-order chi connectivity index (χ0) is 19.3. The molecule has 0 aliphatic heterocycles. The van der Waals surface area contributed by atoms with Gasteiger partial charge in [-0.3, -0.25) is 0 Å². The van der Waals surface area contributed by atoms with Crippen LogP contribution in [-0.2, 0) is 20.7 Å². The van der Waals surface area contributed by atoms with Gasteiger partial charge in [0.05, 0.1) is 19.1 Å². The normalized spacial score (nSPS) is 12.3. The van der Waals surface area contributed by atoms with E-state index >= 15 is 0 Å². The van der Waals surface area contributed by atoms with Crippen LogP contribution in [0.15, 0.2) is 36.8 Å². The van der Waals surface area contributed by atoms with Gasteiger partial charge in [0.2, 0.25) is 0 Å². The molecule has 2 rings (SSSR count). The second-order valence-electron chi connectivity index (χ2n) is 6.68. The number of alkyl carbamates (subject to hydrolysis) is 1. The Bertz CT molecular complexity index is 783. The Hall–Kier alpha value is -2.90. The molecule has 0 unspecified atom stereocenters. The number of esters is 1. The number of carbonyl (C=O) groups is 2. The van der Waals surface area contributed by atoms with E-state index in [0.717, 1.165) is 0 Å². The second-order valence-corrected chi connectivity index (χ2v) is 6.68. The standard InChI is InChI=1S/C18H22FN3O4/c1-18(2,3)26-17(24)21-15(16(23)25-4)9-13-10-22(11-20-13)14-7-5-6-12(19)8-14/h5-8,10-11,15H,9H2,1-4H3,(H,21,24)/t15-/m0/s1. The molecule has 2 aromatic rings. The number of benzene rings is 1. The minimum absolute atomic E-state index is 0.105. The lowest BCUT2D eigenvalue weighted by molar-refractivity contribution is -0.143. The van der Waals surface area contributed by atoms with Crippen LogP contribution in [0.1, 0.15) is 26.5 Å².